The van der Waals surface area contributed by atoms with Crippen molar-refractivity contribution in [2.45, 2.75) is 33.1 Å². The molecule has 0 spiro atoms. The molecular formula is C16H22O3. The molecule has 3 heteroatoms. The summed E-state index contributed by atoms with van der Waals surface area (Å²) < 4.78 is 10.2. The van der Waals surface area contributed by atoms with Gasteiger partial charge in [0, 0.05) is 5.92 Å². The summed E-state index contributed by atoms with van der Waals surface area (Å²) in [6, 6.07) is 4.27. The fourth-order valence-corrected chi connectivity index (χ4v) is 2.97. The highest BCUT2D eigenvalue weighted by Crippen LogP contribution is 2.33. The first-order valence-electron chi connectivity index (χ1n) is 6.76. The molecule has 0 aliphatic carbocycles. The first-order chi connectivity index (χ1) is 9.02. The molecule has 104 valence electrons. The van der Waals surface area contributed by atoms with Crippen molar-refractivity contribution in [2.75, 3.05) is 20.3 Å². The molecule has 1 aromatic rings. The first-order valence-corrected chi connectivity index (χ1v) is 6.76. The topological polar surface area (TPSA) is 35.5 Å². The van der Waals surface area contributed by atoms with Gasteiger partial charge < -0.3 is 9.47 Å². The third-order valence-corrected chi connectivity index (χ3v) is 3.85. The molecule has 1 unspecified atom stereocenters. The Kier molecular flexibility index (Phi) is 4.25. The second-order valence-corrected chi connectivity index (χ2v) is 5.53. The maximum absolute atomic E-state index is 12.1. The Hall–Kier alpha value is -1.35. The molecule has 0 saturated carbocycles. The van der Waals surface area contributed by atoms with Gasteiger partial charge in [0.1, 0.15) is 0 Å². The van der Waals surface area contributed by atoms with Gasteiger partial charge in [-0.1, -0.05) is 17.7 Å². The number of benzene rings is 1. The number of esters is 1. The van der Waals surface area contributed by atoms with E-state index in [1.165, 1.54) is 23.8 Å². The van der Waals surface area contributed by atoms with Crippen molar-refractivity contribution in [1.82, 2.24) is 0 Å². The Bertz CT molecular complexity index is 452. The number of ether oxygens (including phenoxy) is 2. The average molecular weight is 262 g/mol. The minimum absolute atomic E-state index is 0.137. The van der Waals surface area contributed by atoms with Crippen LogP contribution in [0.25, 0.3) is 0 Å². The van der Waals surface area contributed by atoms with Crippen LogP contribution in [0.1, 0.15) is 34.6 Å². The lowest BCUT2D eigenvalue weighted by atomic mass is 9.83. The Balaban J connectivity index is 2.33. The van der Waals surface area contributed by atoms with E-state index in [1.807, 2.05) is 0 Å². The van der Waals surface area contributed by atoms with Crippen molar-refractivity contribution in [1.29, 1.82) is 0 Å². The summed E-state index contributed by atoms with van der Waals surface area (Å²) in [7, 11) is 1.46. The van der Waals surface area contributed by atoms with Crippen LogP contribution in [0.4, 0.5) is 0 Å². The van der Waals surface area contributed by atoms with Crippen LogP contribution in [0.15, 0.2) is 12.1 Å². The van der Waals surface area contributed by atoms with Crippen LogP contribution in [-0.4, -0.2) is 26.3 Å². The van der Waals surface area contributed by atoms with Gasteiger partial charge in [0.15, 0.2) is 0 Å². The van der Waals surface area contributed by atoms with Gasteiger partial charge in [-0.05, 0) is 43.9 Å². The molecule has 1 saturated heterocycles. The summed E-state index contributed by atoms with van der Waals surface area (Å²) in [5, 5.41) is 0. The molecule has 0 aromatic heterocycles. The van der Waals surface area contributed by atoms with E-state index in [2.05, 4.69) is 32.9 Å². The zero-order valence-corrected chi connectivity index (χ0v) is 12.2. The largest absolute Gasteiger partial charge is 0.469 e. The zero-order chi connectivity index (χ0) is 14.0. The number of methoxy groups -OCH3 is 1. The standard InChI is InChI=1S/C16H22O3/c1-10-5-11(2)15(12(3)6-10)14(16(17)18-4)7-13-8-19-9-13/h5-6,13-14H,7-9H2,1-4H3. The fraction of sp³-hybridized carbons (Fsp3) is 0.562. The van der Waals surface area contributed by atoms with E-state index in [4.69, 9.17) is 9.47 Å². The third-order valence-electron chi connectivity index (χ3n) is 3.85. The molecule has 1 aliphatic rings. The van der Waals surface area contributed by atoms with Crippen LogP contribution in [0.2, 0.25) is 0 Å². The Morgan fingerprint density at radius 1 is 1.32 bits per heavy atom. The van der Waals surface area contributed by atoms with Crippen molar-refractivity contribution in [3.05, 3.63) is 34.4 Å². The van der Waals surface area contributed by atoms with E-state index >= 15 is 0 Å². The van der Waals surface area contributed by atoms with Crippen LogP contribution >= 0.6 is 0 Å². The zero-order valence-electron chi connectivity index (χ0n) is 12.2. The lowest BCUT2D eigenvalue weighted by molar-refractivity contribution is -0.144. The smallest absolute Gasteiger partial charge is 0.313 e. The van der Waals surface area contributed by atoms with E-state index in [0.717, 1.165) is 25.2 Å². The maximum atomic E-state index is 12.1. The molecule has 1 aliphatic heterocycles. The normalized spacial score (nSPS) is 16.8. The molecule has 2 rings (SSSR count). The molecule has 3 nitrogen and oxygen atoms in total. The molecule has 19 heavy (non-hydrogen) atoms. The fourth-order valence-electron chi connectivity index (χ4n) is 2.97. The highest BCUT2D eigenvalue weighted by molar-refractivity contribution is 5.79. The summed E-state index contributed by atoms with van der Waals surface area (Å²) in [5.74, 6) is 0.172. The summed E-state index contributed by atoms with van der Waals surface area (Å²) in [6.07, 6.45) is 0.817. The van der Waals surface area contributed by atoms with Crippen LogP contribution in [-0.2, 0) is 14.3 Å². The van der Waals surface area contributed by atoms with Gasteiger partial charge in [0.2, 0.25) is 0 Å². The molecular weight excluding hydrogens is 240 g/mol. The highest BCUT2D eigenvalue weighted by Gasteiger charge is 2.31. The molecule has 1 fully saturated rings. The number of aryl methyl sites for hydroxylation is 3. The van der Waals surface area contributed by atoms with Gasteiger partial charge in [-0.2, -0.15) is 0 Å². The van der Waals surface area contributed by atoms with Crippen molar-refractivity contribution in [3.63, 3.8) is 0 Å². The number of carbonyl (C=O) groups is 1. The van der Waals surface area contributed by atoms with Crippen LogP contribution in [0.3, 0.4) is 0 Å². The van der Waals surface area contributed by atoms with Crippen molar-refractivity contribution >= 4 is 5.97 Å². The maximum Gasteiger partial charge on any atom is 0.313 e. The predicted molar refractivity (Wildman–Crippen MR) is 74.3 cm³/mol. The van der Waals surface area contributed by atoms with Crippen molar-refractivity contribution in [3.8, 4) is 0 Å². The minimum atomic E-state index is -0.167. The molecule has 0 bridgehead atoms. The van der Waals surface area contributed by atoms with Gasteiger partial charge in [-0.25, -0.2) is 0 Å². The first kappa shape index (κ1) is 14.1. The second-order valence-electron chi connectivity index (χ2n) is 5.53. The van der Waals surface area contributed by atoms with Crippen molar-refractivity contribution in [2.24, 2.45) is 5.92 Å². The van der Waals surface area contributed by atoms with Gasteiger partial charge in [-0.3, -0.25) is 4.79 Å². The summed E-state index contributed by atoms with van der Waals surface area (Å²) in [6.45, 7) is 7.75. The van der Waals surface area contributed by atoms with Crippen molar-refractivity contribution < 1.29 is 14.3 Å². The lowest BCUT2D eigenvalue weighted by Crippen LogP contribution is -2.31. The van der Waals surface area contributed by atoms with Crippen LogP contribution in [0.5, 0.6) is 0 Å². The summed E-state index contributed by atoms with van der Waals surface area (Å²) >= 11 is 0. The van der Waals surface area contributed by atoms with Crippen LogP contribution < -0.4 is 0 Å². The lowest BCUT2D eigenvalue weighted by Gasteiger charge is -2.30. The van der Waals surface area contributed by atoms with E-state index in [9.17, 15) is 4.79 Å². The quantitative estimate of drug-likeness (QED) is 0.783. The molecule has 0 N–H and O–H groups in total. The molecule has 0 amide bonds. The molecule has 0 radical (unpaired) electrons. The SMILES string of the molecule is COC(=O)C(CC1COC1)c1c(C)cc(C)cc1C. The number of carbonyl (C=O) groups excluding carboxylic acids is 1. The van der Waals surface area contributed by atoms with Gasteiger partial charge in [0.25, 0.3) is 0 Å². The van der Waals surface area contributed by atoms with Crippen LogP contribution in [0, 0.1) is 26.7 Å². The monoisotopic (exact) mass is 262 g/mol. The van der Waals surface area contributed by atoms with E-state index in [0.29, 0.717) is 5.92 Å². The van der Waals surface area contributed by atoms with Gasteiger partial charge >= 0.3 is 5.97 Å². The second kappa shape index (κ2) is 5.74. The number of hydrogen-bond donors (Lipinski definition) is 0. The Morgan fingerprint density at radius 3 is 2.32 bits per heavy atom. The Morgan fingerprint density at radius 2 is 1.89 bits per heavy atom. The summed E-state index contributed by atoms with van der Waals surface area (Å²) in [4.78, 5) is 12.1. The van der Waals surface area contributed by atoms with Gasteiger partial charge in [-0.15, -0.1) is 0 Å². The Labute approximate surface area is 114 Å². The van der Waals surface area contributed by atoms with E-state index < -0.39 is 0 Å². The minimum Gasteiger partial charge on any atom is -0.469 e. The highest BCUT2D eigenvalue weighted by atomic mass is 16.5. The number of hydrogen-bond acceptors (Lipinski definition) is 3. The molecule has 1 atom stereocenters. The average Bonchev–Trinajstić information content (AvgIpc) is 2.28. The third kappa shape index (κ3) is 2.98. The van der Waals surface area contributed by atoms with Gasteiger partial charge in [0.05, 0.1) is 26.2 Å². The predicted octanol–water partition coefficient (Wildman–Crippen LogP) is 2.90. The van der Waals surface area contributed by atoms with E-state index in [-0.39, 0.29) is 11.9 Å². The summed E-state index contributed by atoms with van der Waals surface area (Å²) in [5.41, 5.74) is 4.71. The molecule has 1 heterocycles. The van der Waals surface area contributed by atoms with E-state index in [1.54, 1.807) is 0 Å². The number of rotatable bonds is 4. The molecule has 1 aromatic carbocycles.